The average molecular weight is 358 g/mol. The van der Waals surface area contributed by atoms with Crippen molar-refractivity contribution >= 4 is 15.9 Å². The first kappa shape index (κ1) is 17.6. The molecule has 0 aliphatic heterocycles. The third-order valence-corrected chi connectivity index (χ3v) is 6.21. The van der Waals surface area contributed by atoms with Crippen molar-refractivity contribution in [3.05, 3.63) is 64.7 Å². The van der Waals surface area contributed by atoms with Gasteiger partial charge in [-0.3, -0.25) is 4.79 Å². The SMILES string of the molecule is C[C@H](NS(=O)(=O)c1ccc(C(N)=O)cc1)c1ccc2c(c1)CCCC2. The number of amides is 1. The van der Waals surface area contributed by atoms with Crippen molar-refractivity contribution in [1.82, 2.24) is 4.72 Å². The first-order valence-electron chi connectivity index (χ1n) is 8.41. The van der Waals surface area contributed by atoms with Crippen LogP contribution in [0.4, 0.5) is 0 Å². The predicted octanol–water partition coefficient (Wildman–Crippen LogP) is 2.70. The minimum Gasteiger partial charge on any atom is -0.366 e. The standard InChI is InChI=1S/C19H22N2O3S/c1-13(16-7-6-14-4-2-3-5-17(14)12-16)21-25(23,24)18-10-8-15(9-11-18)19(20)22/h6-13,21H,2-5H2,1H3,(H2,20,22)/t13-/m0/s1. The van der Waals surface area contributed by atoms with Crippen LogP contribution in [0.15, 0.2) is 47.4 Å². The zero-order valence-corrected chi connectivity index (χ0v) is 15.0. The number of aryl methyl sites for hydroxylation is 2. The summed E-state index contributed by atoms with van der Waals surface area (Å²) in [6, 6.07) is 11.5. The van der Waals surface area contributed by atoms with Crippen molar-refractivity contribution in [1.29, 1.82) is 0 Å². The summed E-state index contributed by atoms with van der Waals surface area (Å²) in [5.74, 6) is -0.584. The molecule has 0 aromatic heterocycles. The summed E-state index contributed by atoms with van der Waals surface area (Å²) >= 11 is 0. The lowest BCUT2D eigenvalue weighted by atomic mass is 9.89. The van der Waals surface area contributed by atoms with Crippen LogP contribution in [-0.2, 0) is 22.9 Å². The van der Waals surface area contributed by atoms with Crippen LogP contribution in [0.5, 0.6) is 0 Å². The van der Waals surface area contributed by atoms with E-state index in [9.17, 15) is 13.2 Å². The second kappa shape index (κ2) is 6.98. The fourth-order valence-electron chi connectivity index (χ4n) is 3.19. The first-order chi connectivity index (χ1) is 11.9. The molecule has 0 saturated carbocycles. The third kappa shape index (κ3) is 3.91. The molecule has 2 aromatic carbocycles. The van der Waals surface area contributed by atoms with Gasteiger partial charge >= 0.3 is 0 Å². The summed E-state index contributed by atoms with van der Waals surface area (Å²) < 4.78 is 27.8. The lowest BCUT2D eigenvalue weighted by molar-refractivity contribution is 0.1000. The van der Waals surface area contributed by atoms with Crippen LogP contribution in [0.2, 0.25) is 0 Å². The maximum atomic E-state index is 12.6. The molecular weight excluding hydrogens is 336 g/mol. The molecule has 3 N–H and O–H groups in total. The zero-order valence-electron chi connectivity index (χ0n) is 14.2. The molecule has 1 aliphatic carbocycles. The van der Waals surface area contributed by atoms with E-state index in [0.717, 1.165) is 18.4 Å². The maximum absolute atomic E-state index is 12.6. The molecule has 132 valence electrons. The summed E-state index contributed by atoms with van der Waals surface area (Å²) in [5, 5.41) is 0. The van der Waals surface area contributed by atoms with Gasteiger partial charge in [-0.05, 0) is 73.6 Å². The lowest BCUT2D eigenvalue weighted by Gasteiger charge is -2.20. The van der Waals surface area contributed by atoms with E-state index in [2.05, 4.69) is 16.9 Å². The van der Waals surface area contributed by atoms with Crippen LogP contribution in [0, 0.1) is 0 Å². The van der Waals surface area contributed by atoms with E-state index in [1.54, 1.807) is 0 Å². The summed E-state index contributed by atoms with van der Waals surface area (Å²) in [7, 11) is -3.67. The van der Waals surface area contributed by atoms with Crippen LogP contribution in [0.1, 0.15) is 52.9 Å². The topological polar surface area (TPSA) is 89.3 Å². The van der Waals surface area contributed by atoms with Gasteiger partial charge in [-0.1, -0.05) is 18.2 Å². The number of rotatable bonds is 5. The van der Waals surface area contributed by atoms with E-state index in [0.29, 0.717) is 0 Å². The van der Waals surface area contributed by atoms with E-state index in [1.165, 1.54) is 48.2 Å². The Bertz CT molecular complexity index is 889. The van der Waals surface area contributed by atoms with E-state index < -0.39 is 15.9 Å². The van der Waals surface area contributed by atoms with Gasteiger partial charge in [0.25, 0.3) is 0 Å². The molecule has 0 heterocycles. The highest BCUT2D eigenvalue weighted by Gasteiger charge is 2.20. The van der Waals surface area contributed by atoms with Gasteiger partial charge in [-0.2, -0.15) is 0 Å². The normalized spacial score (nSPS) is 15.4. The maximum Gasteiger partial charge on any atom is 0.248 e. The molecule has 0 unspecified atom stereocenters. The number of nitrogens with two attached hydrogens (primary N) is 1. The zero-order chi connectivity index (χ0) is 18.0. The third-order valence-electron chi connectivity index (χ3n) is 4.65. The molecule has 5 nitrogen and oxygen atoms in total. The second-order valence-corrected chi connectivity index (χ2v) is 8.18. The van der Waals surface area contributed by atoms with Crippen molar-refractivity contribution < 1.29 is 13.2 Å². The largest absolute Gasteiger partial charge is 0.366 e. The minimum atomic E-state index is -3.67. The van der Waals surface area contributed by atoms with E-state index in [4.69, 9.17) is 5.73 Å². The molecule has 2 aromatic rings. The number of primary amides is 1. The Kier molecular flexibility index (Phi) is 4.92. The molecule has 3 rings (SSSR count). The Labute approximate surface area is 148 Å². The monoisotopic (exact) mass is 358 g/mol. The highest BCUT2D eigenvalue weighted by Crippen LogP contribution is 2.25. The van der Waals surface area contributed by atoms with Gasteiger partial charge in [0.05, 0.1) is 4.90 Å². The minimum absolute atomic E-state index is 0.113. The van der Waals surface area contributed by atoms with Crippen molar-refractivity contribution in [2.45, 2.75) is 43.5 Å². The Morgan fingerprint density at radius 1 is 1.04 bits per heavy atom. The van der Waals surface area contributed by atoms with E-state index in [1.807, 2.05) is 13.0 Å². The Hall–Kier alpha value is -2.18. The molecule has 0 radical (unpaired) electrons. The summed E-state index contributed by atoms with van der Waals surface area (Å²) in [4.78, 5) is 11.2. The number of benzene rings is 2. The summed E-state index contributed by atoms with van der Waals surface area (Å²) in [6.45, 7) is 1.83. The quantitative estimate of drug-likeness (QED) is 0.861. The summed E-state index contributed by atoms with van der Waals surface area (Å²) in [6.07, 6.45) is 4.55. The van der Waals surface area contributed by atoms with Crippen molar-refractivity contribution in [2.24, 2.45) is 5.73 Å². The number of sulfonamides is 1. The summed E-state index contributed by atoms with van der Waals surface area (Å²) in [5.41, 5.74) is 9.10. The second-order valence-electron chi connectivity index (χ2n) is 6.47. The molecule has 0 spiro atoms. The van der Waals surface area contributed by atoms with Gasteiger partial charge in [-0.15, -0.1) is 0 Å². The van der Waals surface area contributed by atoms with Crippen LogP contribution in [0.25, 0.3) is 0 Å². The molecule has 1 atom stereocenters. The number of hydrogen-bond acceptors (Lipinski definition) is 3. The first-order valence-corrected chi connectivity index (χ1v) is 9.89. The van der Waals surface area contributed by atoms with Gasteiger partial charge in [0.1, 0.15) is 0 Å². The molecule has 0 saturated heterocycles. The molecule has 1 aliphatic rings. The molecule has 25 heavy (non-hydrogen) atoms. The van der Waals surface area contributed by atoms with Crippen LogP contribution in [-0.4, -0.2) is 14.3 Å². The molecule has 0 fully saturated rings. The van der Waals surface area contributed by atoms with Crippen LogP contribution < -0.4 is 10.5 Å². The number of carbonyl (C=O) groups is 1. The Morgan fingerprint density at radius 3 is 2.32 bits per heavy atom. The van der Waals surface area contributed by atoms with Gasteiger partial charge in [0, 0.05) is 11.6 Å². The average Bonchev–Trinajstić information content (AvgIpc) is 2.61. The van der Waals surface area contributed by atoms with Crippen LogP contribution in [0.3, 0.4) is 0 Å². The predicted molar refractivity (Wildman–Crippen MR) is 96.8 cm³/mol. The van der Waals surface area contributed by atoms with Gasteiger partial charge in [0.15, 0.2) is 0 Å². The Morgan fingerprint density at radius 2 is 1.68 bits per heavy atom. The van der Waals surface area contributed by atoms with Crippen molar-refractivity contribution in [3.8, 4) is 0 Å². The molecular formula is C19H22N2O3S. The highest BCUT2D eigenvalue weighted by atomic mass is 32.2. The highest BCUT2D eigenvalue weighted by molar-refractivity contribution is 7.89. The number of hydrogen-bond donors (Lipinski definition) is 2. The van der Waals surface area contributed by atoms with E-state index >= 15 is 0 Å². The molecule has 6 heteroatoms. The smallest absolute Gasteiger partial charge is 0.248 e. The van der Waals surface area contributed by atoms with Crippen molar-refractivity contribution in [3.63, 3.8) is 0 Å². The molecule has 1 amide bonds. The number of fused-ring (bicyclic) bond motifs is 1. The van der Waals surface area contributed by atoms with Crippen LogP contribution >= 0.6 is 0 Å². The number of carbonyl (C=O) groups excluding carboxylic acids is 1. The Balaban J connectivity index is 1.79. The van der Waals surface area contributed by atoms with Gasteiger partial charge in [-0.25, -0.2) is 13.1 Å². The fraction of sp³-hybridized carbons (Fsp3) is 0.316. The fourth-order valence-corrected chi connectivity index (χ4v) is 4.42. The molecule has 0 bridgehead atoms. The van der Waals surface area contributed by atoms with Gasteiger partial charge in [0.2, 0.25) is 15.9 Å². The van der Waals surface area contributed by atoms with E-state index in [-0.39, 0.29) is 16.5 Å². The van der Waals surface area contributed by atoms with Crippen molar-refractivity contribution in [2.75, 3.05) is 0 Å². The lowest BCUT2D eigenvalue weighted by Crippen LogP contribution is -2.27. The van der Waals surface area contributed by atoms with Gasteiger partial charge < -0.3 is 5.73 Å². The number of nitrogens with one attached hydrogen (secondary N) is 1.